The van der Waals surface area contributed by atoms with Crippen molar-refractivity contribution >= 4 is 39.3 Å². The number of fused-ring (bicyclic) bond motifs is 1. The molecule has 222 valence electrons. The van der Waals surface area contributed by atoms with Gasteiger partial charge in [-0.05, 0) is 55.7 Å². The van der Waals surface area contributed by atoms with Crippen molar-refractivity contribution in [1.29, 1.82) is 0 Å². The number of carbonyl (C=O) groups is 1. The SMILES string of the molecule is C#Cc1sc(N(C)c2c(C3CC3)nn3cc(C)c(N4CCN(CC(=O)N5CC(O)C5)CC4)cc23)nc1-c1ccc(F)cc1. The van der Waals surface area contributed by atoms with Crippen molar-refractivity contribution in [2.75, 3.05) is 62.7 Å². The lowest BCUT2D eigenvalue weighted by atomic mass is 10.1. The first-order valence-corrected chi connectivity index (χ1v) is 15.5. The number of halogens is 1. The molecule has 7 rings (SSSR count). The van der Waals surface area contributed by atoms with Crippen LogP contribution in [0, 0.1) is 25.1 Å². The first-order chi connectivity index (χ1) is 20.8. The largest absolute Gasteiger partial charge is 0.389 e. The number of benzene rings is 1. The highest BCUT2D eigenvalue weighted by Crippen LogP contribution is 2.48. The Hall–Kier alpha value is -3.98. The molecule has 3 aromatic heterocycles. The second kappa shape index (κ2) is 10.9. The van der Waals surface area contributed by atoms with Gasteiger partial charge in [0.15, 0.2) is 5.13 Å². The summed E-state index contributed by atoms with van der Waals surface area (Å²) in [6, 6.07) is 8.50. The molecule has 1 saturated carbocycles. The zero-order valence-corrected chi connectivity index (χ0v) is 25.1. The van der Waals surface area contributed by atoms with E-state index in [2.05, 4.69) is 39.8 Å². The highest BCUT2D eigenvalue weighted by Gasteiger charge is 2.34. The van der Waals surface area contributed by atoms with E-state index in [-0.39, 0.29) is 17.8 Å². The van der Waals surface area contributed by atoms with Crippen LogP contribution < -0.4 is 9.80 Å². The third-order valence-corrected chi connectivity index (χ3v) is 9.74. The quantitative estimate of drug-likeness (QED) is 0.323. The minimum Gasteiger partial charge on any atom is -0.389 e. The summed E-state index contributed by atoms with van der Waals surface area (Å²) in [4.78, 5) is 26.6. The lowest BCUT2D eigenvalue weighted by Crippen LogP contribution is -2.57. The lowest BCUT2D eigenvalue weighted by Gasteiger charge is -2.40. The van der Waals surface area contributed by atoms with E-state index in [0.717, 1.165) is 77.9 Å². The molecule has 0 bridgehead atoms. The molecule has 3 aliphatic rings. The summed E-state index contributed by atoms with van der Waals surface area (Å²) in [5, 5.41) is 15.3. The predicted molar refractivity (Wildman–Crippen MR) is 167 cm³/mol. The van der Waals surface area contributed by atoms with Crippen LogP contribution in [0.5, 0.6) is 0 Å². The first-order valence-electron chi connectivity index (χ1n) is 14.7. The number of thiazole rings is 1. The van der Waals surface area contributed by atoms with Gasteiger partial charge in [-0.15, -0.1) is 6.42 Å². The van der Waals surface area contributed by atoms with Gasteiger partial charge in [0.1, 0.15) is 10.7 Å². The topological polar surface area (TPSA) is 80.5 Å². The molecule has 9 nitrogen and oxygen atoms in total. The van der Waals surface area contributed by atoms with Gasteiger partial charge in [0.25, 0.3) is 0 Å². The maximum Gasteiger partial charge on any atom is 0.236 e. The molecule has 43 heavy (non-hydrogen) atoms. The molecular weight excluding hydrogens is 565 g/mol. The number of nitrogens with zero attached hydrogens (tertiary/aromatic N) is 7. The molecule has 4 aromatic rings. The van der Waals surface area contributed by atoms with E-state index in [4.69, 9.17) is 16.5 Å². The molecule has 0 atom stereocenters. The summed E-state index contributed by atoms with van der Waals surface area (Å²) in [5.74, 6) is 2.98. The Balaban J connectivity index is 1.17. The summed E-state index contributed by atoms with van der Waals surface area (Å²) in [6.45, 7) is 6.65. The van der Waals surface area contributed by atoms with Crippen molar-refractivity contribution in [1.82, 2.24) is 24.4 Å². The van der Waals surface area contributed by atoms with Crippen LogP contribution in [-0.4, -0.2) is 94.4 Å². The van der Waals surface area contributed by atoms with E-state index >= 15 is 0 Å². The maximum absolute atomic E-state index is 13.6. The third kappa shape index (κ3) is 5.24. The number of pyridine rings is 1. The molecule has 0 spiro atoms. The minimum absolute atomic E-state index is 0.0914. The average molecular weight is 600 g/mol. The fourth-order valence-electron chi connectivity index (χ4n) is 6.05. The van der Waals surface area contributed by atoms with Gasteiger partial charge in [0.2, 0.25) is 5.91 Å². The Morgan fingerprint density at radius 1 is 1.19 bits per heavy atom. The number of likely N-dealkylation sites (tertiary alicyclic amines) is 1. The van der Waals surface area contributed by atoms with Gasteiger partial charge in [0, 0.05) is 69.7 Å². The van der Waals surface area contributed by atoms with Crippen LogP contribution in [0.2, 0.25) is 0 Å². The highest BCUT2D eigenvalue weighted by molar-refractivity contribution is 7.16. The minimum atomic E-state index is -0.376. The van der Waals surface area contributed by atoms with Crippen molar-refractivity contribution < 1.29 is 14.3 Å². The third-order valence-electron chi connectivity index (χ3n) is 8.68. The summed E-state index contributed by atoms with van der Waals surface area (Å²) in [7, 11) is 2.02. The van der Waals surface area contributed by atoms with E-state index < -0.39 is 0 Å². The van der Waals surface area contributed by atoms with Gasteiger partial charge < -0.3 is 19.8 Å². The van der Waals surface area contributed by atoms with Crippen LogP contribution in [-0.2, 0) is 4.79 Å². The van der Waals surface area contributed by atoms with E-state index in [9.17, 15) is 14.3 Å². The Kier molecular flexibility index (Phi) is 7.08. The molecular formula is C32H34FN7O2S. The number of aliphatic hydroxyl groups excluding tert-OH is 1. The highest BCUT2D eigenvalue weighted by atomic mass is 32.1. The molecule has 2 saturated heterocycles. The zero-order valence-electron chi connectivity index (χ0n) is 24.3. The Morgan fingerprint density at radius 3 is 2.56 bits per heavy atom. The Bertz CT molecular complexity index is 1720. The number of β-amino-alcohol motifs (C(OH)–C–C–N with tert-alkyl or cyclic N) is 1. The molecule has 0 unspecified atom stereocenters. The number of aromatic nitrogens is 3. The van der Waals surface area contributed by atoms with Gasteiger partial charge in [0.05, 0.1) is 35.2 Å². The van der Waals surface area contributed by atoms with Gasteiger partial charge in [-0.2, -0.15) is 5.10 Å². The number of carbonyl (C=O) groups excluding carboxylic acids is 1. The monoisotopic (exact) mass is 599 g/mol. The van der Waals surface area contributed by atoms with Crippen LogP contribution >= 0.6 is 11.3 Å². The first kappa shape index (κ1) is 27.8. The van der Waals surface area contributed by atoms with E-state index in [1.54, 1.807) is 17.0 Å². The maximum atomic E-state index is 13.6. The second-order valence-electron chi connectivity index (χ2n) is 11.8. The normalized spacial score (nSPS) is 17.7. The summed E-state index contributed by atoms with van der Waals surface area (Å²) in [5.41, 5.74) is 6.89. The Labute approximate surface area is 254 Å². The van der Waals surface area contributed by atoms with E-state index in [1.807, 2.05) is 11.6 Å². The number of hydrogen-bond acceptors (Lipinski definition) is 8. The number of piperazine rings is 1. The van der Waals surface area contributed by atoms with Crippen LogP contribution in [0.1, 0.15) is 34.9 Å². The van der Waals surface area contributed by atoms with Crippen LogP contribution in [0.3, 0.4) is 0 Å². The van der Waals surface area contributed by atoms with Gasteiger partial charge >= 0.3 is 0 Å². The van der Waals surface area contributed by atoms with E-state index in [0.29, 0.717) is 36.1 Å². The molecule has 1 N–H and O–H groups in total. The van der Waals surface area contributed by atoms with Crippen molar-refractivity contribution in [2.24, 2.45) is 0 Å². The average Bonchev–Trinajstić information content (AvgIpc) is 3.64. The molecule has 1 aliphatic carbocycles. The number of amides is 1. The van der Waals surface area contributed by atoms with Crippen LogP contribution in [0.4, 0.5) is 20.9 Å². The van der Waals surface area contributed by atoms with Crippen molar-refractivity contribution in [2.45, 2.75) is 31.8 Å². The van der Waals surface area contributed by atoms with Crippen LogP contribution in [0.15, 0.2) is 36.5 Å². The fraction of sp³-hybridized carbons (Fsp3) is 0.406. The second-order valence-corrected chi connectivity index (χ2v) is 12.8. The fourth-order valence-corrected chi connectivity index (χ4v) is 6.91. The van der Waals surface area contributed by atoms with Crippen molar-refractivity contribution in [3.63, 3.8) is 0 Å². The molecule has 5 heterocycles. The molecule has 1 amide bonds. The zero-order chi connectivity index (χ0) is 29.8. The number of hydrogen-bond donors (Lipinski definition) is 1. The summed E-state index contributed by atoms with van der Waals surface area (Å²) < 4.78 is 15.6. The number of aryl methyl sites for hydroxylation is 1. The van der Waals surface area contributed by atoms with Crippen molar-refractivity contribution in [3.05, 3.63) is 58.5 Å². The van der Waals surface area contributed by atoms with Gasteiger partial charge in [-0.3, -0.25) is 9.69 Å². The molecule has 3 fully saturated rings. The van der Waals surface area contributed by atoms with Gasteiger partial charge in [-0.1, -0.05) is 17.3 Å². The summed E-state index contributed by atoms with van der Waals surface area (Å²) in [6.07, 6.45) is 9.84. The number of anilines is 3. The number of terminal acetylenes is 1. The lowest BCUT2D eigenvalue weighted by molar-refractivity contribution is -0.142. The standard InChI is InChI=1S/C32H34FN7O2S/c1-4-27-29(21-7-9-23(33)10-8-21)34-32(43-27)36(3)31-26-15-25(20(2)16-40(26)35-30(31)22-5-6-22)38-13-11-37(12-14-38)19-28(42)39-17-24(41)18-39/h1,7-10,15-16,22,24,41H,5-6,11-14,17-19H2,2-3H3. The number of aliphatic hydroxyl groups is 1. The molecule has 0 radical (unpaired) electrons. The predicted octanol–water partition coefficient (Wildman–Crippen LogP) is 3.86. The van der Waals surface area contributed by atoms with Crippen LogP contribution in [0.25, 0.3) is 16.8 Å². The molecule has 2 aliphatic heterocycles. The van der Waals surface area contributed by atoms with Gasteiger partial charge in [-0.25, -0.2) is 13.9 Å². The number of rotatable bonds is 7. The van der Waals surface area contributed by atoms with Crippen molar-refractivity contribution in [3.8, 4) is 23.6 Å². The molecule has 11 heteroatoms. The smallest absolute Gasteiger partial charge is 0.236 e. The van der Waals surface area contributed by atoms with E-state index in [1.165, 1.54) is 23.5 Å². The molecule has 1 aromatic carbocycles. The Morgan fingerprint density at radius 2 is 1.91 bits per heavy atom. The summed E-state index contributed by atoms with van der Waals surface area (Å²) >= 11 is 1.45.